The van der Waals surface area contributed by atoms with Crippen molar-refractivity contribution in [1.29, 1.82) is 0 Å². The van der Waals surface area contributed by atoms with Gasteiger partial charge in [0.15, 0.2) is 0 Å². The van der Waals surface area contributed by atoms with Gasteiger partial charge in [0.2, 0.25) is 0 Å². The van der Waals surface area contributed by atoms with Crippen molar-refractivity contribution >= 4 is 27.6 Å². The van der Waals surface area contributed by atoms with Crippen molar-refractivity contribution in [1.82, 2.24) is 0 Å². The number of esters is 1. The van der Waals surface area contributed by atoms with Gasteiger partial charge in [0.1, 0.15) is 5.82 Å². The normalized spacial score (nSPS) is 10.3. The summed E-state index contributed by atoms with van der Waals surface area (Å²) in [4.78, 5) is 11.6. The first-order valence-corrected chi connectivity index (χ1v) is 7.18. The van der Waals surface area contributed by atoms with Crippen LogP contribution in [-0.2, 0) is 11.3 Å². The maximum atomic E-state index is 13.5. The fraction of sp³-hybridized carbons (Fsp3) is 0.188. The van der Waals surface area contributed by atoms with Gasteiger partial charge >= 0.3 is 5.97 Å². The Morgan fingerprint density at radius 3 is 2.76 bits per heavy atom. The average molecular weight is 352 g/mol. The van der Waals surface area contributed by atoms with Crippen LogP contribution in [0.5, 0.6) is 0 Å². The molecule has 1 N–H and O–H groups in total. The fourth-order valence-corrected chi connectivity index (χ4v) is 2.25. The van der Waals surface area contributed by atoms with Gasteiger partial charge in [-0.3, -0.25) is 0 Å². The van der Waals surface area contributed by atoms with Gasteiger partial charge in [-0.25, -0.2) is 9.18 Å². The quantitative estimate of drug-likeness (QED) is 0.834. The monoisotopic (exact) mass is 351 g/mol. The van der Waals surface area contributed by atoms with Crippen LogP contribution in [0.15, 0.2) is 40.9 Å². The van der Waals surface area contributed by atoms with Crippen LogP contribution in [0.2, 0.25) is 0 Å². The summed E-state index contributed by atoms with van der Waals surface area (Å²) in [5.74, 6) is -0.667. The molecule has 0 aromatic heterocycles. The molecule has 2 rings (SSSR count). The topological polar surface area (TPSA) is 38.3 Å². The van der Waals surface area contributed by atoms with Crippen molar-refractivity contribution in [2.24, 2.45) is 0 Å². The van der Waals surface area contributed by atoms with Crippen LogP contribution in [0.1, 0.15) is 21.5 Å². The molecule has 0 saturated heterocycles. The Balaban J connectivity index is 2.16. The van der Waals surface area contributed by atoms with E-state index in [1.165, 1.54) is 13.2 Å². The molecule has 0 radical (unpaired) electrons. The highest BCUT2D eigenvalue weighted by Gasteiger charge is 2.11. The van der Waals surface area contributed by atoms with E-state index in [0.717, 1.165) is 16.8 Å². The second kappa shape index (κ2) is 6.72. The minimum Gasteiger partial charge on any atom is -0.465 e. The van der Waals surface area contributed by atoms with E-state index in [9.17, 15) is 9.18 Å². The molecule has 110 valence electrons. The van der Waals surface area contributed by atoms with Crippen LogP contribution in [0.25, 0.3) is 0 Å². The Labute approximate surface area is 131 Å². The average Bonchev–Trinajstić information content (AvgIpc) is 2.49. The molecule has 0 atom stereocenters. The number of carbonyl (C=O) groups excluding carboxylic acids is 1. The molecule has 0 saturated carbocycles. The third kappa shape index (κ3) is 3.61. The summed E-state index contributed by atoms with van der Waals surface area (Å²) in [5, 5.41) is 3.21. The number of hydrogen-bond donors (Lipinski definition) is 1. The Hall–Kier alpha value is -1.88. The summed E-state index contributed by atoms with van der Waals surface area (Å²) in [6, 6.07) is 10.3. The summed E-state index contributed by atoms with van der Waals surface area (Å²) in [7, 11) is 1.35. The molecule has 3 nitrogen and oxygen atoms in total. The largest absolute Gasteiger partial charge is 0.465 e. The Morgan fingerprint density at radius 2 is 2.10 bits per heavy atom. The first-order chi connectivity index (χ1) is 10.0. The standard InChI is InChI=1S/C16H15BrFNO2/c1-10-12(16(20)21-2)4-3-5-15(10)19-9-11-6-7-13(17)14(18)8-11/h3-8,19H,9H2,1-2H3. The van der Waals surface area contributed by atoms with Gasteiger partial charge in [0.05, 0.1) is 17.1 Å². The summed E-state index contributed by atoms with van der Waals surface area (Å²) >= 11 is 3.12. The number of halogens is 2. The molecule has 0 aliphatic rings. The van der Waals surface area contributed by atoms with Gasteiger partial charge in [-0.1, -0.05) is 12.1 Å². The fourth-order valence-electron chi connectivity index (χ4n) is 2.01. The van der Waals surface area contributed by atoms with Gasteiger partial charge in [0.25, 0.3) is 0 Å². The number of anilines is 1. The van der Waals surface area contributed by atoms with Crippen LogP contribution in [0.3, 0.4) is 0 Å². The summed E-state index contributed by atoms with van der Waals surface area (Å²) in [5.41, 5.74) is 2.96. The second-order valence-electron chi connectivity index (χ2n) is 4.57. The van der Waals surface area contributed by atoms with Crippen LogP contribution in [0, 0.1) is 12.7 Å². The SMILES string of the molecule is COC(=O)c1cccc(NCc2ccc(Br)c(F)c2)c1C. The van der Waals surface area contributed by atoms with Gasteiger partial charge in [-0.05, 0) is 58.2 Å². The number of methoxy groups -OCH3 is 1. The third-order valence-corrected chi connectivity index (χ3v) is 3.85. The first kappa shape index (κ1) is 15.5. The number of benzene rings is 2. The number of hydrogen-bond acceptors (Lipinski definition) is 3. The summed E-state index contributed by atoms with van der Waals surface area (Å²) < 4.78 is 18.6. The Morgan fingerprint density at radius 1 is 1.33 bits per heavy atom. The van der Waals surface area contributed by atoms with Gasteiger partial charge in [0, 0.05) is 12.2 Å². The number of carbonyl (C=O) groups is 1. The molecule has 5 heteroatoms. The highest BCUT2D eigenvalue weighted by molar-refractivity contribution is 9.10. The van der Waals surface area contributed by atoms with Crippen molar-refractivity contribution in [3.8, 4) is 0 Å². The van der Waals surface area contributed by atoms with E-state index in [1.54, 1.807) is 18.2 Å². The van der Waals surface area contributed by atoms with Gasteiger partial charge in [-0.15, -0.1) is 0 Å². The molecule has 0 aliphatic heterocycles. The van der Waals surface area contributed by atoms with Crippen LogP contribution in [-0.4, -0.2) is 13.1 Å². The van der Waals surface area contributed by atoms with Crippen LogP contribution in [0.4, 0.5) is 10.1 Å². The molecule has 0 aliphatic carbocycles. The molecular formula is C16H15BrFNO2. The lowest BCUT2D eigenvalue weighted by Gasteiger charge is -2.12. The predicted octanol–water partition coefficient (Wildman–Crippen LogP) is 4.30. The lowest BCUT2D eigenvalue weighted by Crippen LogP contribution is -2.07. The number of nitrogens with one attached hydrogen (secondary N) is 1. The zero-order valence-corrected chi connectivity index (χ0v) is 13.3. The van der Waals surface area contributed by atoms with E-state index in [1.807, 2.05) is 19.1 Å². The highest BCUT2D eigenvalue weighted by atomic mass is 79.9. The van der Waals surface area contributed by atoms with Crippen LogP contribution < -0.4 is 5.32 Å². The number of ether oxygens (including phenoxy) is 1. The minimum absolute atomic E-state index is 0.297. The molecule has 0 bridgehead atoms. The highest BCUT2D eigenvalue weighted by Crippen LogP contribution is 2.21. The van der Waals surface area contributed by atoms with Crippen molar-refractivity contribution in [3.05, 3.63) is 63.4 Å². The smallest absolute Gasteiger partial charge is 0.338 e. The molecule has 2 aromatic carbocycles. The maximum Gasteiger partial charge on any atom is 0.338 e. The Bertz CT molecular complexity index is 673. The van der Waals surface area contributed by atoms with Gasteiger partial charge in [-0.2, -0.15) is 0 Å². The van der Waals surface area contributed by atoms with E-state index >= 15 is 0 Å². The third-order valence-electron chi connectivity index (χ3n) is 3.21. The zero-order chi connectivity index (χ0) is 15.4. The van der Waals surface area contributed by atoms with E-state index in [0.29, 0.717) is 16.6 Å². The van der Waals surface area contributed by atoms with E-state index in [4.69, 9.17) is 4.74 Å². The molecule has 2 aromatic rings. The maximum absolute atomic E-state index is 13.5. The van der Waals surface area contributed by atoms with E-state index < -0.39 is 0 Å². The van der Waals surface area contributed by atoms with Crippen LogP contribution >= 0.6 is 15.9 Å². The zero-order valence-electron chi connectivity index (χ0n) is 11.7. The minimum atomic E-state index is -0.370. The van der Waals surface area contributed by atoms with E-state index in [-0.39, 0.29) is 11.8 Å². The molecule has 0 amide bonds. The van der Waals surface area contributed by atoms with E-state index in [2.05, 4.69) is 21.2 Å². The molecule has 0 spiro atoms. The van der Waals surface area contributed by atoms with Crippen molar-refractivity contribution in [2.75, 3.05) is 12.4 Å². The predicted molar refractivity (Wildman–Crippen MR) is 83.9 cm³/mol. The lowest BCUT2D eigenvalue weighted by molar-refractivity contribution is 0.0600. The van der Waals surface area contributed by atoms with Crippen molar-refractivity contribution in [3.63, 3.8) is 0 Å². The number of rotatable bonds is 4. The molecule has 0 unspecified atom stereocenters. The first-order valence-electron chi connectivity index (χ1n) is 6.38. The molecule has 0 heterocycles. The lowest BCUT2D eigenvalue weighted by atomic mass is 10.1. The Kier molecular flexibility index (Phi) is 4.96. The summed E-state index contributed by atoms with van der Waals surface area (Å²) in [6.07, 6.45) is 0. The second-order valence-corrected chi connectivity index (χ2v) is 5.43. The molecule has 0 fully saturated rings. The van der Waals surface area contributed by atoms with Crippen molar-refractivity contribution < 1.29 is 13.9 Å². The summed E-state index contributed by atoms with van der Waals surface area (Å²) in [6.45, 7) is 2.31. The molecule has 21 heavy (non-hydrogen) atoms. The molecular weight excluding hydrogens is 337 g/mol. The van der Waals surface area contributed by atoms with Gasteiger partial charge < -0.3 is 10.1 Å². The van der Waals surface area contributed by atoms with Crippen molar-refractivity contribution in [2.45, 2.75) is 13.5 Å².